The first kappa shape index (κ1) is 30.8. The minimum Gasteiger partial charge on any atom is -0.463 e. The second-order valence-corrected chi connectivity index (χ2v) is 20.7. The molecule has 0 spiro atoms. The highest BCUT2D eigenvalue weighted by molar-refractivity contribution is 7.85. The lowest BCUT2D eigenvalue weighted by Crippen LogP contribution is -2.53. The van der Waals surface area contributed by atoms with Crippen LogP contribution in [-0.2, 0) is 28.3 Å². The van der Waals surface area contributed by atoms with Crippen LogP contribution in [0.3, 0.4) is 0 Å². The monoisotopic (exact) mass is 556 g/mol. The van der Waals surface area contributed by atoms with E-state index in [9.17, 15) is 13.2 Å². The van der Waals surface area contributed by atoms with Gasteiger partial charge in [-0.15, -0.1) is 0 Å². The molecule has 3 rings (SSSR count). The molecule has 0 bridgehead atoms. The molecule has 8 heteroatoms. The molecule has 3 aliphatic rings. The molecule has 6 nitrogen and oxygen atoms in total. The third-order valence-corrected chi connectivity index (χ3v) is 16.0. The van der Waals surface area contributed by atoms with E-state index < -0.39 is 18.4 Å². The zero-order chi connectivity index (χ0) is 28.0. The summed E-state index contributed by atoms with van der Waals surface area (Å²) < 4.78 is 42.2. The first-order valence-electron chi connectivity index (χ1n) is 14.1. The standard InChI is InChI=1S/C29H52O6SSi/c1-20-11-12-25-24(19-33-36(8,31)32)26(14-16-28(20,25)6)29(7)15-13-23(35-21(2)30)17-22(29)18-34-37(9,10)27(3,4)5/h22-26H,1,11-19H2,2-10H3/t22-,23+,24+,25+,26+,28-,29+/m1/s1. The van der Waals surface area contributed by atoms with Crippen LogP contribution in [0.1, 0.15) is 86.5 Å². The molecule has 7 atom stereocenters. The molecular weight excluding hydrogens is 504 g/mol. The molecule has 0 aromatic rings. The molecule has 0 saturated heterocycles. The molecule has 0 heterocycles. The lowest BCUT2D eigenvalue weighted by Gasteiger charge is -2.57. The van der Waals surface area contributed by atoms with E-state index in [1.807, 2.05) is 0 Å². The van der Waals surface area contributed by atoms with E-state index in [1.54, 1.807) is 0 Å². The second kappa shape index (κ2) is 10.7. The molecule has 0 aliphatic heterocycles. The van der Waals surface area contributed by atoms with Crippen molar-refractivity contribution in [1.82, 2.24) is 0 Å². The zero-order valence-corrected chi connectivity index (χ0v) is 26.6. The van der Waals surface area contributed by atoms with Crippen molar-refractivity contribution in [2.75, 3.05) is 19.5 Å². The van der Waals surface area contributed by atoms with Crippen LogP contribution in [0.25, 0.3) is 0 Å². The summed E-state index contributed by atoms with van der Waals surface area (Å²) in [7, 11) is -5.52. The van der Waals surface area contributed by atoms with Gasteiger partial charge in [-0.3, -0.25) is 8.98 Å². The molecule has 0 unspecified atom stereocenters. The van der Waals surface area contributed by atoms with Gasteiger partial charge < -0.3 is 9.16 Å². The van der Waals surface area contributed by atoms with Gasteiger partial charge in [-0.05, 0) is 97.6 Å². The fourth-order valence-corrected chi connectivity index (χ4v) is 8.90. The van der Waals surface area contributed by atoms with E-state index in [0.717, 1.165) is 51.2 Å². The summed E-state index contributed by atoms with van der Waals surface area (Å²) >= 11 is 0. The summed E-state index contributed by atoms with van der Waals surface area (Å²) in [4.78, 5) is 11.8. The fraction of sp³-hybridized carbons (Fsp3) is 0.897. The fourth-order valence-electron chi connectivity index (χ4n) is 7.44. The number of hydrogen-bond acceptors (Lipinski definition) is 6. The molecule has 3 aliphatic carbocycles. The summed E-state index contributed by atoms with van der Waals surface area (Å²) in [6, 6.07) is 0. The Kier molecular flexibility index (Phi) is 8.92. The van der Waals surface area contributed by atoms with Crippen molar-refractivity contribution in [3.05, 3.63) is 12.2 Å². The molecule has 37 heavy (non-hydrogen) atoms. The zero-order valence-electron chi connectivity index (χ0n) is 24.8. The minimum absolute atomic E-state index is 0.0421. The first-order chi connectivity index (χ1) is 16.8. The molecule has 214 valence electrons. The van der Waals surface area contributed by atoms with E-state index in [4.69, 9.17) is 13.3 Å². The number of rotatable bonds is 8. The van der Waals surface area contributed by atoms with Gasteiger partial charge in [0.25, 0.3) is 10.1 Å². The molecule has 0 aromatic carbocycles. The third-order valence-electron chi connectivity index (χ3n) is 11.0. The van der Waals surface area contributed by atoms with E-state index >= 15 is 0 Å². The summed E-state index contributed by atoms with van der Waals surface area (Å²) in [5, 5.41) is 0.107. The van der Waals surface area contributed by atoms with Crippen LogP contribution in [-0.4, -0.2) is 48.3 Å². The van der Waals surface area contributed by atoms with Crippen molar-refractivity contribution in [2.24, 2.45) is 34.5 Å². The molecule has 0 radical (unpaired) electrons. The summed E-state index contributed by atoms with van der Waals surface area (Å²) in [6.07, 6.45) is 7.76. The van der Waals surface area contributed by atoms with Gasteiger partial charge in [0.1, 0.15) is 6.10 Å². The molecule has 0 aromatic heterocycles. The summed E-state index contributed by atoms with van der Waals surface area (Å²) in [6.45, 7) is 22.9. The van der Waals surface area contributed by atoms with Crippen molar-refractivity contribution < 1.29 is 26.6 Å². The molecule has 0 amide bonds. The maximum absolute atomic E-state index is 12.1. The van der Waals surface area contributed by atoms with Gasteiger partial charge >= 0.3 is 5.97 Å². The van der Waals surface area contributed by atoms with Crippen LogP contribution in [0.2, 0.25) is 18.1 Å². The van der Waals surface area contributed by atoms with E-state index in [-0.39, 0.29) is 46.4 Å². The largest absolute Gasteiger partial charge is 0.463 e. The Morgan fingerprint density at radius 1 is 1.08 bits per heavy atom. The van der Waals surface area contributed by atoms with Crippen LogP contribution in [0, 0.1) is 34.5 Å². The number of fused-ring (bicyclic) bond motifs is 1. The maximum atomic E-state index is 12.1. The van der Waals surface area contributed by atoms with Gasteiger partial charge in [0.15, 0.2) is 8.32 Å². The summed E-state index contributed by atoms with van der Waals surface area (Å²) in [5.41, 5.74) is 1.29. The molecule has 0 N–H and O–H groups in total. The van der Waals surface area contributed by atoms with Crippen LogP contribution < -0.4 is 0 Å². The van der Waals surface area contributed by atoms with Crippen LogP contribution in [0.15, 0.2) is 12.2 Å². The highest BCUT2D eigenvalue weighted by atomic mass is 32.2. The third kappa shape index (κ3) is 6.55. The summed E-state index contributed by atoms with van der Waals surface area (Å²) in [5.74, 6) is 0.808. The van der Waals surface area contributed by atoms with Gasteiger partial charge in [-0.2, -0.15) is 8.42 Å². The lowest BCUT2D eigenvalue weighted by atomic mass is 9.49. The highest BCUT2D eigenvalue weighted by Gasteiger charge is 2.57. The second-order valence-electron chi connectivity index (χ2n) is 14.2. The molecule has 3 fully saturated rings. The highest BCUT2D eigenvalue weighted by Crippen LogP contribution is 2.63. The first-order valence-corrected chi connectivity index (χ1v) is 18.9. The number of carbonyl (C=O) groups is 1. The number of hydrogen-bond donors (Lipinski definition) is 0. The smallest absolute Gasteiger partial charge is 0.302 e. The number of esters is 1. The quantitative estimate of drug-likeness (QED) is 0.143. The Labute approximate surface area is 227 Å². The number of allylic oxidation sites excluding steroid dienone is 1. The van der Waals surface area contributed by atoms with Crippen molar-refractivity contribution in [3.8, 4) is 0 Å². The van der Waals surface area contributed by atoms with Gasteiger partial charge in [-0.25, -0.2) is 0 Å². The molecular formula is C29H52O6SSi. The average molecular weight is 557 g/mol. The van der Waals surface area contributed by atoms with Crippen molar-refractivity contribution in [1.29, 1.82) is 0 Å². The Bertz CT molecular complexity index is 969. The predicted octanol–water partition coefficient (Wildman–Crippen LogP) is 6.72. The Morgan fingerprint density at radius 2 is 1.73 bits per heavy atom. The molecule has 3 saturated carbocycles. The minimum atomic E-state index is -3.54. The van der Waals surface area contributed by atoms with Crippen LogP contribution in [0.4, 0.5) is 0 Å². The SMILES string of the molecule is C=C1CC[C@H]2[C@H](COS(C)(=O)=O)[C@@H]([C@@]3(C)CC[C@H](OC(C)=O)C[C@@H]3CO[Si](C)(C)C(C)(C)C)CC[C@]12C. The van der Waals surface area contributed by atoms with Gasteiger partial charge in [0.2, 0.25) is 0 Å². The Hall–Kier alpha value is -0.703. The topological polar surface area (TPSA) is 78.9 Å². The maximum Gasteiger partial charge on any atom is 0.302 e. The van der Waals surface area contributed by atoms with Crippen LogP contribution in [0.5, 0.6) is 0 Å². The predicted molar refractivity (Wildman–Crippen MR) is 151 cm³/mol. The normalized spacial score (nSPS) is 37.3. The number of carbonyl (C=O) groups excluding carboxylic acids is 1. The average Bonchev–Trinajstić information content (AvgIpc) is 3.05. The van der Waals surface area contributed by atoms with Gasteiger partial charge in [0.05, 0.1) is 12.9 Å². The van der Waals surface area contributed by atoms with Gasteiger partial charge in [-0.1, -0.05) is 46.8 Å². The van der Waals surface area contributed by atoms with E-state index in [2.05, 4.69) is 54.3 Å². The van der Waals surface area contributed by atoms with Gasteiger partial charge in [0, 0.05) is 13.5 Å². The van der Waals surface area contributed by atoms with Crippen LogP contribution >= 0.6 is 0 Å². The van der Waals surface area contributed by atoms with E-state index in [0.29, 0.717) is 18.4 Å². The van der Waals surface area contributed by atoms with E-state index in [1.165, 1.54) is 12.5 Å². The van der Waals surface area contributed by atoms with Crippen molar-refractivity contribution in [3.63, 3.8) is 0 Å². The lowest BCUT2D eigenvalue weighted by molar-refractivity contribution is -0.155. The van der Waals surface area contributed by atoms with Crippen molar-refractivity contribution in [2.45, 2.75) is 111 Å². The Balaban J connectivity index is 1.95. The number of ether oxygens (including phenoxy) is 1. The van der Waals surface area contributed by atoms with Crippen molar-refractivity contribution >= 4 is 24.4 Å². The Morgan fingerprint density at radius 3 is 2.30 bits per heavy atom.